The van der Waals surface area contributed by atoms with Crippen LogP contribution < -0.4 is 21.5 Å². The third-order valence-electron chi connectivity index (χ3n) is 4.78. The van der Waals surface area contributed by atoms with Crippen molar-refractivity contribution in [1.29, 1.82) is 0 Å². The van der Waals surface area contributed by atoms with Gasteiger partial charge in [0, 0.05) is 11.4 Å². The van der Waals surface area contributed by atoms with Gasteiger partial charge >= 0.3 is 6.03 Å². The van der Waals surface area contributed by atoms with Crippen LogP contribution in [0.3, 0.4) is 0 Å². The minimum atomic E-state index is -0.378. The van der Waals surface area contributed by atoms with Gasteiger partial charge in [0.15, 0.2) is 0 Å². The molecule has 0 fully saturated rings. The Kier molecular flexibility index (Phi) is 5.98. The Morgan fingerprint density at radius 1 is 0.969 bits per heavy atom. The number of furan rings is 1. The van der Waals surface area contributed by atoms with Crippen LogP contribution >= 0.6 is 0 Å². The first-order valence-electron chi connectivity index (χ1n) is 9.93. The number of amides is 3. The van der Waals surface area contributed by atoms with Gasteiger partial charge in [-0.05, 0) is 55.5 Å². The molecule has 0 atom stereocenters. The molecular weight excluding hydrogens is 410 g/mol. The summed E-state index contributed by atoms with van der Waals surface area (Å²) in [4.78, 5) is 41.6. The maximum atomic E-state index is 12.7. The molecule has 2 heterocycles. The van der Waals surface area contributed by atoms with Gasteiger partial charge in [0.05, 0.1) is 23.7 Å². The summed E-state index contributed by atoms with van der Waals surface area (Å²) in [7, 11) is 0. The van der Waals surface area contributed by atoms with Crippen molar-refractivity contribution in [3.8, 4) is 0 Å². The number of hydrogen-bond acceptors (Lipinski definition) is 5. The fraction of sp³-hybridized carbons (Fsp3) is 0.130. The molecule has 0 aliphatic heterocycles. The molecule has 9 nitrogen and oxygen atoms in total. The molecule has 0 radical (unpaired) electrons. The van der Waals surface area contributed by atoms with Gasteiger partial charge in [-0.3, -0.25) is 14.2 Å². The second kappa shape index (κ2) is 9.17. The van der Waals surface area contributed by atoms with Crippen LogP contribution in [0.25, 0.3) is 10.9 Å². The molecule has 3 N–H and O–H groups in total. The van der Waals surface area contributed by atoms with Gasteiger partial charge < -0.3 is 20.4 Å². The van der Waals surface area contributed by atoms with Crippen molar-refractivity contribution in [3.63, 3.8) is 0 Å². The largest absolute Gasteiger partial charge is 0.467 e. The lowest BCUT2D eigenvalue weighted by molar-refractivity contribution is -0.116. The van der Waals surface area contributed by atoms with Crippen molar-refractivity contribution in [2.24, 2.45) is 0 Å². The number of nitrogens with zero attached hydrogens (tertiary/aromatic N) is 2. The Hall–Kier alpha value is -4.40. The van der Waals surface area contributed by atoms with E-state index in [4.69, 9.17) is 4.42 Å². The summed E-state index contributed by atoms with van der Waals surface area (Å²) >= 11 is 0. The van der Waals surface area contributed by atoms with E-state index >= 15 is 0 Å². The molecule has 0 bridgehead atoms. The van der Waals surface area contributed by atoms with Crippen LogP contribution in [0.2, 0.25) is 0 Å². The minimum absolute atomic E-state index is 0.155. The number of fused-ring (bicyclic) bond motifs is 1. The van der Waals surface area contributed by atoms with Crippen LogP contribution in [0.1, 0.15) is 11.6 Å². The van der Waals surface area contributed by atoms with E-state index in [0.717, 1.165) is 0 Å². The Bertz CT molecular complexity index is 1310. The molecule has 0 aliphatic rings. The van der Waals surface area contributed by atoms with Crippen molar-refractivity contribution in [2.45, 2.75) is 20.0 Å². The highest BCUT2D eigenvalue weighted by Crippen LogP contribution is 2.14. The van der Waals surface area contributed by atoms with Gasteiger partial charge in [0.1, 0.15) is 18.1 Å². The Morgan fingerprint density at radius 2 is 1.69 bits per heavy atom. The highest BCUT2D eigenvalue weighted by Gasteiger charge is 2.12. The van der Waals surface area contributed by atoms with Crippen molar-refractivity contribution in [1.82, 2.24) is 14.9 Å². The Morgan fingerprint density at radius 3 is 2.41 bits per heavy atom. The molecular formula is C23H21N5O4. The van der Waals surface area contributed by atoms with Crippen molar-refractivity contribution in [2.75, 3.05) is 10.6 Å². The number of rotatable bonds is 6. The van der Waals surface area contributed by atoms with E-state index in [1.54, 1.807) is 61.5 Å². The summed E-state index contributed by atoms with van der Waals surface area (Å²) in [6, 6.07) is 16.8. The van der Waals surface area contributed by atoms with Crippen LogP contribution in [0.15, 0.2) is 76.1 Å². The maximum Gasteiger partial charge on any atom is 0.319 e. The van der Waals surface area contributed by atoms with E-state index in [0.29, 0.717) is 33.9 Å². The zero-order chi connectivity index (χ0) is 22.5. The maximum absolute atomic E-state index is 12.7. The molecule has 0 unspecified atom stereocenters. The van der Waals surface area contributed by atoms with Gasteiger partial charge in [-0.1, -0.05) is 12.1 Å². The van der Waals surface area contributed by atoms with Crippen LogP contribution in [-0.2, 0) is 17.9 Å². The van der Waals surface area contributed by atoms with E-state index in [1.165, 1.54) is 10.8 Å². The molecule has 2 aromatic carbocycles. The number of urea groups is 1. The molecule has 3 amide bonds. The summed E-state index contributed by atoms with van der Waals surface area (Å²) in [5.74, 6) is 0.752. The lowest BCUT2D eigenvalue weighted by atomic mass is 10.2. The summed E-state index contributed by atoms with van der Waals surface area (Å²) in [6.45, 7) is 1.81. The third kappa shape index (κ3) is 4.84. The van der Waals surface area contributed by atoms with E-state index in [9.17, 15) is 14.4 Å². The SMILES string of the molecule is Cc1nc2ccccc2c(=O)n1CC(=O)Nc1ccc(NC(=O)NCc2ccco2)cc1. The fourth-order valence-corrected chi connectivity index (χ4v) is 3.20. The molecule has 0 saturated carbocycles. The van der Waals surface area contributed by atoms with Crippen LogP contribution in [0.4, 0.5) is 16.2 Å². The van der Waals surface area contributed by atoms with Crippen LogP contribution in [-0.4, -0.2) is 21.5 Å². The molecule has 4 rings (SSSR count). The van der Waals surface area contributed by atoms with Gasteiger partial charge in [0.25, 0.3) is 5.56 Å². The topological polar surface area (TPSA) is 118 Å². The number of carbonyl (C=O) groups is 2. The molecule has 0 saturated heterocycles. The summed E-state index contributed by atoms with van der Waals surface area (Å²) in [5.41, 5.74) is 1.44. The normalized spacial score (nSPS) is 10.7. The van der Waals surface area contributed by atoms with Crippen LogP contribution in [0, 0.1) is 6.92 Å². The highest BCUT2D eigenvalue weighted by molar-refractivity contribution is 5.92. The van der Waals surface area contributed by atoms with E-state index in [-0.39, 0.29) is 30.6 Å². The second-order valence-electron chi connectivity index (χ2n) is 7.08. The van der Waals surface area contributed by atoms with Crippen molar-refractivity contribution >= 4 is 34.2 Å². The van der Waals surface area contributed by atoms with Gasteiger partial charge in [-0.15, -0.1) is 0 Å². The van der Waals surface area contributed by atoms with E-state index in [2.05, 4.69) is 20.9 Å². The van der Waals surface area contributed by atoms with E-state index in [1.807, 2.05) is 6.07 Å². The summed E-state index contributed by atoms with van der Waals surface area (Å²) < 4.78 is 6.50. The number of aryl methyl sites for hydroxylation is 1. The average molecular weight is 431 g/mol. The van der Waals surface area contributed by atoms with Gasteiger partial charge in [0.2, 0.25) is 5.91 Å². The molecule has 4 aromatic rings. The monoisotopic (exact) mass is 431 g/mol. The third-order valence-corrected chi connectivity index (χ3v) is 4.78. The summed E-state index contributed by atoms with van der Waals surface area (Å²) in [5, 5.41) is 8.59. The number of benzene rings is 2. The number of para-hydroxylation sites is 1. The summed E-state index contributed by atoms with van der Waals surface area (Å²) in [6.07, 6.45) is 1.54. The first-order valence-corrected chi connectivity index (χ1v) is 9.93. The Labute approximate surface area is 183 Å². The van der Waals surface area contributed by atoms with Gasteiger partial charge in [-0.25, -0.2) is 9.78 Å². The molecule has 0 aliphatic carbocycles. The zero-order valence-electron chi connectivity index (χ0n) is 17.3. The number of anilines is 2. The van der Waals surface area contributed by atoms with Crippen molar-refractivity contribution < 1.29 is 14.0 Å². The first kappa shape index (κ1) is 20.9. The lowest BCUT2D eigenvalue weighted by Gasteiger charge is -2.12. The molecule has 2 aromatic heterocycles. The highest BCUT2D eigenvalue weighted by atomic mass is 16.3. The lowest BCUT2D eigenvalue weighted by Crippen LogP contribution is -2.30. The van der Waals surface area contributed by atoms with Gasteiger partial charge in [-0.2, -0.15) is 0 Å². The second-order valence-corrected chi connectivity index (χ2v) is 7.08. The number of hydrogen-bond donors (Lipinski definition) is 3. The van der Waals surface area contributed by atoms with Crippen molar-refractivity contribution in [3.05, 3.63) is 88.9 Å². The van der Waals surface area contributed by atoms with Crippen LogP contribution in [0.5, 0.6) is 0 Å². The predicted octanol–water partition coefficient (Wildman–Crippen LogP) is 3.26. The zero-order valence-corrected chi connectivity index (χ0v) is 17.3. The fourth-order valence-electron chi connectivity index (χ4n) is 3.20. The smallest absolute Gasteiger partial charge is 0.319 e. The minimum Gasteiger partial charge on any atom is -0.467 e. The predicted molar refractivity (Wildman–Crippen MR) is 120 cm³/mol. The molecule has 9 heteroatoms. The number of aromatic nitrogens is 2. The number of nitrogens with one attached hydrogen (secondary N) is 3. The van der Waals surface area contributed by atoms with E-state index < -0.39 is 0 Å². The number of carbonyl (C=O) groups excluding carboxylic acids is 2. The average Bonchev–Trinajstić information content (AvgIpc) is 3.30. The molecule has 32 heavy (non-hydrogen) atoms. The first-order chi connectivity index (χ1) is 15.5. The Balaban J connectivity index is 1.35. The standard InChI is InChI=1S/C23H21N5O4/c1-15-25-20-7-3-2-6-19(20)22(30)28(15)14-21(29)26-16-8-10-17(11-9-16)27-23(31)24-13-18-5-4-12-32-18/h2-12H,13-14H2,1H3,(H,26,29)(H2,24,27,31). The molecule has 0 spiro atoms. The quantitative estimate of drug-likeness (QED) is 0.433. The molecule has 162 valence electrons.